The van der Waals surface area contributed by atoms with E-state index in [0.29, 0.717) is 18.5 Å². The third-order valence-electron chi connectivity index (χ3n) is 4.25. The number of thiophene rings is 1. The minimum atomic E-state index is -3.78. The van der Waals surface area contributed by atoms with Gasteiger partial charge in [-0.2, -0.15) is 4.31 Å². The Kier molecular flexibility index (Phi) is 6.45. The van der Waals surface area contributed by atoms with Crippen LogP contribution in [0.1, 0.15) is 22.5 Å². The second kappa shape index (κ2) is 8.01. The molecule has 25 heavy (non-hydrogen) atoms. The van der Waals surface area contributed by atoms with Crippen LogP contribution in [-0.2, 0) is 14.8 Å². The number of benzene rings is 1. The standard InChI is InChI=1S/C16H20N2O4S2.ClH/c1-17-10-11-6-5-9-18(11)24(20,21)15-12-7-3-4-8-13(12)23-14(15)16(19)22-2;/h3-4,7-8,11,17H,5-6,9-10H2,1-2H3;1H. The zero-order chi connectivity index (χ0) is 17.3. The molecule has 6 nitrogen and oxygen atoms in total. The summed E-state index contributed by atoms with van der Waals surface area (Å²) in [4.78, 5) is 12.4. The van der Waals surface area contributed by atoms with Crippen molar-refractivity contribution in [1.29, 1.82) is 0 Å². The fourth-order valence-corrected chi connectivity index (χ4v) is 6.66. The number of fused-ring (bicyclic) bond motifs is 1. The van der Waals surface area contributed by atoms with Gasteiger partial charge >= 0.3 is 5.97 Å². The molecule has 0 aliphatic carbocycles. The van der Waals surface area contributed by atoms with Crippen molar-refractivity contribution >= 4 is 49.8 Å². The first-order valence-electron chi connectivity index (χ1n) is 7.77. The molecule has 1 N–H and O–H groups in total. The Morgan fingerprint density at radius 1 is 1.40 bits per heavy atom. The molecule has 9 heteroatoms. The van der Waals surface area contributed by atoms with Gasteiger partial charge in [-0.05, 0) is 26.0 Å². The molecular formula is C16H21ClN2O4S2. The number of hydrogen-bond donors (Lipinski definition) is 1. The average molecular weight is 405 g/mol. The number of hydrogen-bond acceptors (Lipinski definition) is 6. The summed E-state index contributed by atoms with van der Waals surface area (Å²) in [5.74, 6) is -0.612. The van der Waals surface area contributed by atoms with Crippen molar-refractivity contribution in [2.45, 2.75) is 23.8 Å². The van der Waals surface area contributed by atoms with Gasteiger partial charge in [-0.3, -0.25) is 0 Å². The molecule has 1 unspecified atom stereocenters. The molecule has 3 rings (SSSR count). The molecule has 1 atom stereocenters. The van der Waals surface area contributed by atoms with Crippen molar-refractivity contribution in [3.8, 4) is 0 Å². The van der Waals surface area contributed by atoms with E-state index in [9.17, 15) is 13.2 Å². The van der Waals surface area contributed by atoms with Crippen LogP contribution >= 0.6 is 23.7 Å². The van der Waals surface area contributed by atoms with Gasteiger partial charge in [-0.1, -0.05) is 18.2 Å². The Balaban J connectivity index is 0.00000225. The number of methoxy groups -OCH3 is 1. The minimum Gasteiger partial charge on any atom is -0.465 e. The van der Waals surface area contributed by atoms with Gasteiger partial charge in [0.1, 0.15) is 9.77 Å². The molecule has 138 valence electrons. The average Bonchev–Trinajstić information content (AvgIpc) is 3.19. The number of nitrogens with one attached hydrogen (secondary N) is 1. The van der Waals surface area contributed by atoms with E-state index in [1.165, 1.54) is 11.4 Å². The molecule has 0 radical (unpaired) electrons. The first kappa shape index (κ1) is 20.1. The fraction of sp³-hybridized carbons (Fsp3) is 0.438. The van der Waals surface area contributed by atoms with E-state index >= 15 is 0 Å². The maximum absolute atomic E-state index is 13.3. The van der Waals surface area contributed by atoms with Gasteiger partial charge in [-0.25, -0.2) is 13.2 Å². The Morgan fingerprint density at radius 3 is 2.80 bits per heavy atom. The van der Waals surface area contributed by atoms with Crippen LogP contribution in [0.3, 0.4) is 0 Å². The molecule has 0 amide bonds. The topological polar surface area (TPSA) is 75.7 Å². The van der Waals surface area contributed by atoms with E-state index in [-0.39, 0.29) is 28.2 Å². The lowest BCUT2D eigenvalue weighted by atomic mass is 10.2. The smallest absolute Gasteiger partial charge is 0.349 e. The number of esters is 1. The Labute approximate surface area is 157 Å². The number of halogens is 1. The fourth-order valence-electron chi connectivity index (χ4n) is 3.19. The van der Waals surface area contributed by atoms with Crippen molar-refractivity contribution in [3.63, 3.8) is 0 Å². The van der Waals surface area contributed by atoms with Gasteiger partial charge < -0.3 is 10.1 Å². The third-order valence-corrected chi connectivity index (χ3v) is 7.57. The predicted octanol–water partition coefficient (Wildman–Crippen LogP) is 2.48. The van der Waals surface area contributed by atoms with Crippen molar-refractivity contribution in [2.75, 3.05) is 27.2 Å². The second-order valence-corrected chi connectivity index (χ2v) is 8.60. The second-order valence-electron chi connectivity index (χ2n) is 5.72. The van der Waals surface area contributed by atoms with E-state index in [1.807, 2.05) is 19.2 Å². The summed E-state index contributed by atoms with van der Waals surface area (Å²) >= 11 is 1.16. The zero-order valence-electron chi connectivity index (χ0n) is 14.0. The lowest BCUT2D eigenvalue weighted by Gasteiger charge is -2.24. The summed E-state index contributed by atoms with van der Waals surface area (Å²) in [5, 5.41) is 3.63. The van der Waals surface area contributed by atoms with E-state index in [4.69, 9.17) is 4.74 Å². The molecule has 2 aromatic rings. The lowest BCUT2D eigenvalue weighted by molar-refractivity contribution is 0.0602. The lowest BCUT2D eigenvalue weighted by Crippen LogP contribution is -2.41. The van der Waals surface area contributed by atoms with Gasteiger partial charge in [0.15, 0.2) is 0 Å². The van der Waals surface area contributed by atoms with Crippen LogP contribution in [0.2, 0.25) is 0 Å². The summed E-state index contributed by atoms with van der Waals surface area (Å²) in [7, 11) is -0.701. The van der Waals surface area contributed by atoms with Crippen LogP contribution in [0.15, 0.2) is 29.2 Å². The number of carbonyl (C=O) groups excluding carboxylic acids is 1. The summed E-state index contributed by atoms with van der Waals surface area (Å²) in [5.41, 5.74) is 0. The number of rotatable bonds is 5. The van der Waals surface area contributed by atoms with Crippen molar-refractivity contribution < 1.29 is 17.9 Å². The number of carbonyl (C=O) groups is 1. The van der Waals surface area contributed by atoms with Crippen LogP contribution in [0, 0.1) is 0 Å². The molecule has 1 aromatic carbocycles. The minimum absolute atomic E-state index is 0. The van der Waals surface area contributed by atoms with E-state index in [0.717, 1.165) is 28.9 Å². The van der Waals surface area contributed by atoms with Crippen molar-refractivity contribution in [1.82, 2.24) is 9.62 Å². The summed E-state index contributed by atoms with van der Waals surface area (Å²) in [6, 6.07) is 7.08. The van der Waals surface area contributed by atoms with Crippen molar-refractivity contribution in [2.24, 2.45) is 0 Å². The van der Waals surface area contributed by atoms with Crippen LogP contribution in [0.5, 0.6) is 0 Å². The summed E-state index contributed by atoms with van der Waals surface area (Å²) in [6.07, 6.45) is 1.64. The number of sulfonamides is 1. The molecule has 1 saturated heterocycles. The normalized spacial score (nSPS) is 18.2. The molecule has 1 aliphatic rings. The highest BCUT2D eigenvalue weighted by molar-refractivity contribution is 7.89. The van der Waals surface area contributed by atoms with Gasteiger partial charge in [0.05, 0.1) is 7.11 Å². The predicted molar refractivity (Wildman–Crippen MR) is 101 cm³/mol. The molecule has 2 heterocycles. The molecular weight excluding hydrogens is 384 g/mol. The SMILES string of the molecule is CNCC1CCCN1S(=O)(=O)c1c(C(=O)OC)sc2ccccc12.Cl. The first-order chi connectivity index (χ1) is 11.5. The van der Waals surface area contributed by atoms with E-state index in [1.54, 1.807) is 12.1 Å². The largest absolute Gasteiger partial charge is 0.465 e. The summed E-state index contributed by atoms with van der Waals surface area (Å²) in [6.45, 7) is 1.06. The summed E-state index contributed by atoms with van der Waals surface area (Å²) < 4.78 is 33.8. The third kappa shape index (κ3) is 3.54. The van der Waals surface area contributed by atoms with Crippen molar-refractivity contribution in [3.05, 3.63) is 29.1 Å². The number of nitrogens with zero attached hydrogens (tertiary/aromatic N) is 1. The maximum Gasteiger partial charge on any atom is 0.349 e. The molecule has 0 spiro atoms. The highest BCUT2D eigenvalue weighted by atomic mass is 35.5. The molecule has 1 aliphatic heterocycles. The van der Waals surface area contributed by atoms with E-state index < -0.39 is 16.0 Å². The highest BCUT2D eigenvalue weighted by Crippen LogP contribution is 2.38. The molecule has 1 fully saturated rings. The zero-order valence-corrected chi connectivity index (χ0v) is 16.5. The quantitative estimate of drug-likeness (QED) is 0.775. The Bertz CT molecular complexity index is 866. The number of ether oxygens (including phenoxy) is 1. The Hall–Kier alpha value is -1.19. The molecule has 0 saturated carbocycles. The van der Waals surface area contributed by atoms with Gasteiger partial charge in [0.25, 0.3) is 0 Å². The molecule has 0 bridgehead atoms. The van der Waals surface area contributed by atoms with E-state index in [2.05, 4.69) is 5.32 Å². The van der Waals surface area contributed by atoms with Crippen LogP contribution in [-0.4, -0.2) is 52.0 Å². The van der Waals surface area contributed by atoms with Crippen LogP contribution < -0.4 is 5.32 Å². The highest BCUT2D eigenvalue weighted by Gasteiger charge is 2.39. The van der Waals surface area contributed by atoms with Gasteiger partial charge in [0, 0.05) is 29.2 Å². The molecule has 1 aromatic heterocycles. The van der Waals surface area contributed by atoms with Crippen LogP contribution in [0.4, 0.5) is 0 Å². The Morgan fingerprint density at radius 2 is 2.12 bits per heavy atom. The number of likely N-dealkylation sites (N-methyl/N-ethyl adjacent to an activating group) is 1. The van der Waals surface area contributed by atoms with Gasteiger partial charge in [-0.15, -0.1) is 23.7 Å². The van der Waals surface area contributed by atoms with Crippen LogP contribution in [0.25, 0.3) is 10.1 Å². The van der Waals surface area contributed by atoms with Gasteiger partial charge in [0.2, 0.25) is 10.0 Å². The maximum atomic E-state index is 13.3. The monoisotopic (exact) mass is 404 g/mol. The first-order valence-corrected chi connectivity index (χ1v) is 10.0.